The van der Waals surface area contributed by atoms with Crippen LogP contribution >= 0.6 is 11.3 Å². The molecule has 1 aromatic carbocycles. The highest BCUT2D eigenvalue weighted by Gasteiger charge is 2.10. The van der Waals surface area contributed by atoms with Gasteiger partial charge in [0, 0.05) is 11.8 Å². The first-order valence-electron chi connectivity index (χ1n) is 6.22. The lowest BCUT2D eigenvalue weighted by Gasteiger charge is -2.07. The standard InChI is InChI=1S/C14H9F2N3O2S/c15-10-2-1-8(5-11(10)16)18-12(20)6-19-7-17-13-9(14(19)21)3-4-22-13/h1-5,7H,6H2,(H,18,20). The van der Waals surface area contributed by atoms with Gasteiger partial charge in [0.15, 0.2) is 11.6 Å². The third kappa shape index (κ3) is 2.73. The summed E-state index contributed by atoms with van der Waals surface area (Å²) in [6.07, 6.45) is 1.28. The number of amides is 1. The smallest absolute Gasteiger partial charge is 0.262 e. The van der Waals surface area contributed by atoms with Crippen LogP contribution in [0.3, 0.4) is 0 Å². The molecular formula is C14H9F2N3O2S. The highest BCUT2D eigenvalue weighted by Crippen LogP contribution is 2.14. The summed E-state index contributed by atoms with van der Waals surface area (Å²) < 4.78 is 27.0. The van der Waals surface area contributed by atoms with Crippen LogP contribution in [0.2, 0.25) is 0 Å². The molecule has 0 saturated heterocycles. The van der Waals surface area contributed by atoms with Gasteiger partial charge in [-0.1, -0.05) is 0 Å². The van der Waals surface area contributed by atoms with Gasteiger partial charge in [-0.25, -0.2) is 13.8 Å². The molecule has 8 heteroatoms. The molecule has 2 aromatic heterocycles. The second-order valence-electron chi connectivity index (χ2n) is 4.49. The topological polar surface area (TPSA) is 64.0 Å². The minimum absolute atomic E-state index is 0.113. The molecule has 0 saturated carbocycles. The average molecular weight is 321 g/mol. The number of nitrogens with one attached hydrogen (secondary N) is 1. The molecule has 0 aliphatic heterocycles. The zero-order valence-electron chi connectivity index (χ0n) is 11.0. The summed E-state index contributed by atoms with van der Waals surface area (Å²) in [5.74, 6) is -2.60. The normalized spacial score (nSPS) is 10.8. The highest BCUT2D eigenvalue weighted by molar-refractivity contribution is 7.16. The fraction of sp³-hybridized carbons (Fsp3) is 0.0714. The molecule has 0 aliphatic rings. The minimum atomic E-state index is -1.06. The predicted octanol–water partition coefficient (Wildman–Crippen LogP) is 2.37. The van der Waals surface area contributed by atoms with E-state index in [4.69, 9.17) is 0 Å². The number of aromatic nitrogens is 2. The fourth-order valence-corrected chi connectivity index (χ4v) is 2.66. The summed E-state index contributed by atoms with van der Waals surface area (Å²) in [4.78, 5) is 28.7. The Kier molecular flexibility index (Phi) is 3.68. The summed E-state index contributed by atoms with van der Waals surface area (Å²) in [5.41, 5.74) is -0.215. The van der Waals surface area contributed by atoms with Crippen LogP contribution in [0.15, 0.2) is 40.8 Å². The molecule has 0 radical (unpaired) electrons. The van der Waals surface area contributed by atoms with E-state index in [1.807, 2.05) is 0 Å². The Morgan fingerprint density at radius 2 is 2.09 bits per heavy atom. The van der Waals surface area contributed by atoms with Gasteiger partial charge in [-0.05, 0) is 23.6 Å². The van der Waals surface area contributed by atoms with Gasteiger partial charge in [-0.3, -0.25) is 14.2 Å². The van der Waals surface area contributed by atoms with E-state index in [9.17, 15) is 18.4 Å². The van der Waals surface area contributed by atoms with Crippen LogP contribution in [0.4, 0.5) is 14.5 Å². The zero-order valence-corrected chi connectivity index (χ0v) is 11.9. The van der Waals surface area contributed by atoms with Gasteiger partial charge in [-0.15, -0.1) is 11.3 Å². The summed E-state index contributed by atoms with van der Waals surface area (Å²) in [6.45, 7) is -0.267. The van der Waals surface area contributed by atoms with Crippen molar-refractivity contribution in [2.75, 3.05) is 5.32 Å². The molecular weight excluding hydrogens is 312 g/mol. The minimum Gasteiger partial charge on any atom is -0.324 e. The molecule has 0 aliphatic carbocycles. The first-order chi connectivity index (χ1) is 10.5. The molecule has 0 fully saturated rings. The van der Waals surface area contributed by atoms with E-state index in [2.05, 4.69) is 10.3 Å². The van der Waals surface area contributed by atoms with Crippen LogP contribution in [0, 0.1) is 11.6 Å². The Bertz CT molecular complexity index is 920. The molecule has 2 heterocycles. The maximum absolute atomic E-state index is 13.1. The van der Waals surface area contributed by atoms with E-state index in [-0.39, 0.29) is 17.8 Å². The molecule has 5 nitrogen and oxygen atoms in total. The highest BCUT2D eigenvalue weighted by atomic mass is 32.1. The fourth-order valence-electron chi connectivity index (χ4n) is 1.94. The number of hydrogen-bond acceptors (Lipinski definition) is 4. The van der Waals surface area contributed by atoms with Gasteiger partial charge in [0.25, 0.3) is 5.56 Å². The van der Waals surface area contributed by atoms with Crippen molar-refractivity contribution >= 4 is 33.1 Å². The van der Waals surface area contributed by atoms with Crippen molar-refractivity contribution in [3.8, 4) is 0 Å². The molecule has 0 atom stereocenters. The van der Waals surface area contributed by atoms with Gasteiger partial charge in [0.05, 0.1) is 11.7 Å². The number of halogens is 2. The van der Waals surface area contributed by atoms with Crippen molar-refractivity contribution in [2.45, 2.75) is 6.54 Å². The maximum Gasteiger partial charge on any atom is 0.262 e. The lowest BCUT2D eigenvalue weighted by Crippen LogP contribution is -2.27. The molecule has 1 N–H and O–H groups in total. The van der Waals surface area contributed by atoms with Crippen molar-refractivity contribution in [2.24, 2.45) is 0 Å². The van der Waals surface area contributed by atoms with Crippen LogP contribution in [0.1, 0.15) is 0 Å². The van der Waals surface area contributed by atoms with Crippen molar-refractivity contribution in [1.82, 2.24) is 9.55 Å². The lowest BCUT2D eigenvalue weighted by molar-refractivity contribution is -0.116. The van der Waals surface area contributed by atoms with E-state index in [1.165, 1.54) is 23.7 Å². The number of anilines is 1. The molecule has 0 spiro atoms. The van der Waals surface area contributed by atoms with Crippen molar-refractivity contribution in [3.05, 3.63) is 58.0 Å². The number of rotatable bonds is 3. The number of benzene rings is 1. The molecule has 0 unspecified atom stereocenters. The first-order valence-corrected chi connectivity index (χ1v) is 7.10. The van der Waals surface area contributed by atoms with Crippen LogP contribution in [-0.4, -0.2) is 15.5 Å². The Morgan fingerprint density at radius 1 is 1.27 bits per heavy atom. The Balaban J connectivity index is 1.79. The molecule has 112 valence electrons. The van der Waals surface area contributed by atoms with Crippen LogP contribution in [0.25, 0.3) is 10.2 Å². The van der Waals surface area contributed by atoms with Crippen LogP contribution in [0.5, 0.6) is 0 Å². The van der Waals surface area contributed by atoms with E-state index >= 15 is 0 Å². The number of hydrogen-bond donors (Lipinski definition) is 1. The third-order valence-electron chi connectivity index (χ3n) is 2.97. The van der Waals surface area contributed by atoms with E-state index in [0.29, 0.717) is 10.2 Å². The summed E-state index contributed by atoms with van der Waals surface area (Å²) in [5, 5.41) is 4.58. The first kappa shape index (κ1) is 14.3. The van der Waals surface area contributed by atoms with Gasteiger partial charge in [0.2, 0.25) is 5.91 Å². The summed E-state index contributed by atoms with van der Waals surface area (Å²) >= 11 is 1.33. The second kappa shape index (κ2) is 5.64. The number of thiophene rings is 1. The largest absolute Gasteiger partial charge is 0.324 e. The monoisotopic (exact) mass is 321 g/mol. The van der Waals surface area contributed by atoms with Crippen molar-refractivity contribution < 1.29 is 13.6 Å². The van der Waals surface area contributed by atoms with Gasteiger partial charge < -0.3 is 5.32 Å². The third-order valence-corrected chi connectivity index (χ3v) is 3.79. The Hall–Kier alpha value is -2.61. The van der Waals surface area contributed by atoms with E-state index in [1.54, 1.807) is 11.4 Å². The van der Waals surface area contributed by atoms with Crippen molar-refractivity contribution in [3.63, 3.8) is 0 Å². The maximum atomic E-state index is 13.1. The summed E-state index contributed by atoms with van der Waals surface area (Å²) in [7, 11) is 0. The Morgan fingerprint density at radius 3 is 2.86 bits per heavy atom. The number of nitrogens with zero attached hydrogens (tertiary/aromatic N) is 2. The van der Waals surface area contributed by atoms with Gasteiger partial charge in [0.1, 0.15) is 11.4 Å². The Labute approximate surface area is 126 Å². The number of carbonyl (C=O) groups is 1. The second-order valence-corrected chi connectivity index (χ2v) is 5.39. The SMILES string of the molecule is O=C(Cn1cnc2sccc2c1=O)Nc1ccc(F)c(F)c1. The predicted molar refractivity (Wildman–Crippen MR) is 78.9 cm³/mol. The molecule has 0 bridgehead atoms. The molecule has 3 rings (SSSR count). The van der Waals surface area contributed by atoms with Crippen molar-refractivity contribution in [1.29, 1.82) is 0 Å². The molecule has 22 heavy (non-hydrogen) atoms. The quantitative estimate of drug-likeness (QED) is 0.805. The number of fused-ring (bicyclic) bond motifs is 1. The van der Waals surface area contributed by atoms with Crippen LogP contribution in [-0.2, 0) is 11.3 Å². The van der Waals surface area contributed by atoms with Gasteiger partial charge >= 0.3 is 0 Å². The molecule has 3 aromatic rings. The lowest BCUT2D eigenvalue weighted by atomic mass is 10.3. The van der Waals surface area contributed by atoms with Crippen LogP contribution < -0.4 is 10.9 Å². The summed E-state index contributed by atoms with van der Waals surface area (Å²) in [6, 6.07) is 4.66. The van der Waals surface area contributed by atoms with Gasteiger partial charge in [-0.2, -0.15) is 0 Å². The average Bonchev–Trinajstić information content (AvgIpc) is 2.95. The van der Waals surface area contributed by atoms with E-state index in [0.717, 1.165) is 16.7 Å². The van der Waals surface area contributed by atoms with E-state index < -0.39 is 17.5 Å². The number of carbonyl (C=O) groups excluding carboxylic acids is 1. The molecule has 1 amide bonds. The zero-order chi connectivity index (χ0) is 15.7.